The molecule has 230 valence electrons. The summed E-state index contributed by atoms with van der Waals surface area (Å²) in [6, 6.07) is 18.2. The van der Waals surface area contributed by atoms with Crippen LogP contribution in [0.3, 0.4) is 0 Å². The Hall–Kier alpha value is -3.44. The van der Waals surface area contributed by atoms with Crippen LogP contribution in [0.1, 0.15) is 77.7 Å². The number of ether oxygens (including phenoxy) is 1. The maximum absolute atomic E-state index is 15.2. The smallest absolute Gasteiger partial charge is 0.356 e. The molecule has 2 aromatic carbocycles. The van der Waals surface area contributed by atoms with Gasteiger partial charge in [-0.3, -0.25) is 4.79 Å². The van der Waals surface area contributed by atoms with Crippen LogP contribution < -0.4 is 5.73 Å². The van der Waals surface area contributed by atoms with E-state index in [2.05, 4.69) is 52.8 Å². The molecule has 0 aliphatic heterocycles. The van der Waals surface area contributed by atoms with Gasteiger partial charge >= 0.3 is 5.97 Å². The molecule has 4 aliphatic carbocycles. The van der Waals surface area contributed by atoms with E-state index in [1.165, 1.54) is 5.57 Å². The Morgan fingerprint density at radius 2 is 1.73 bits per heavy atom. The van der Waals surface area contributed by atoms with Crippen LogP contribution >= 0.6 is 0 Å². The van der Waals surface area contributed by atoms with Crippen molar-refractivity contribution in [3.05, 3.63) is 83.6 Å². The van der Waals surface area contributed by atoms with E-state index in [4.69, 9.17) is 10.5 Å². The normalized spacial score (nSPS) is 35.2. The first-order chi connectivity index (χ1) is 20.8. The van der Waals surface area contributed by atoms with Crippen molar-refractivity contribution in [2.45, 2.75) is 78.9 Å². The number of para-hydroxylation sites is 1. The maximum Gasteiger partial charge on any atom is 0.356 e. The molecule has 0 radical (unpaired) electrons. The number of Topliss-reactive ketones (excluding diaryl/α,β-unsaturated/α-hetero) is 1. The molecule has 7 atom stereocenters. The number of hydrogen-bond acceptors (Lipinski definition) is 4. The van der Waals surface area contributed by atoms with E-state index in [0.717, 1.165) is 46.9 Å². The number of nitrogens with two attached hydrogens (primary N) is 1. The second-order valence-corrected chi connectivity index (χ2v) is 15.2. The monoisotopic (exact) mass is 590 g/mol. The lowest BCUT2D eigenvalue weighted by Crippen LogP contribution is -2.60. The Balaban J connectivity index is 1.36. The number of carbonyl (C=O) groups excluding carboxylic acids is 2. The predicted molar refractivity (Wildman–Crippen MR) is 176 cm³/mol. The summed E-state index contributed by atoms with van der Waals surface area (Å²) in [7, 11) is 1.94. The van der Waals surface area contributed by atoms with E-state index in [1.807, 2.05) is 67.1 Å². The Morgan fingerprint density at radius 1 is 1.05 bits per heavy atom. The molecule has 2 N–H and O–H groups in total. The van der Waals surface area contributed by atoms with E-state index < -0.39 is 22.5 Å². The molecule has 1 heterocycles. The van der Waals surface area contributed by atoms with Gasteiger partial charge in [-0.25, -0.2) is 4.79 Å². The van der Waals surface area contributed by atoms with E-state index in [0.29, 0.717) is 18.0 Å². The Morgan fingerprint density at radius 3 is 2.43 bits per heavy atom. The Labute approximate surface area is 261 Å². The number of benzene rings is 2. The van der Waals surface area contributed by atoms with Crippen molar-refractivity contribution in [3.8, 4) is 11.1 Å². The second-order valence-electron chi connectivity index (χ2n) is 15.2. The topological polar surface area (TPSA) is 74.3 Å². The van der Waals surface area contributed by atoms with Gasteiger partial charge in [-0.05, 0) is 66.6 Å². The van der Waals surface area contributed by atoms with Crippen LogP contribution in [0.15, 0.2) is 77.9 Å². The van der Waals surface area contributed by atoms with Crippen molar-refractivity contribution in [2.24, 2.45) is 46.8 Å². The van der Waals surface area contributed by atoms with Gasteiger partial charge < -0.3 is 15.0 Å². The van der Waals surface area contributed by atoms with Gasteiger partial charge in [0.2, 0.25) is 0 Å². The molecule has 0 saturated heterocycles. The number of rotatable bonds is 5. The molecule has 7 rings (SSSR count). The third kappa shape index (κ3) is 3.62. The van der Waals surface area contributed by atoms with Gasteiger partial charge in [-0.15, -0.1) is 0 Å². The van der Waals surface area contributed by atoms with Gasteiger partial charge in [0, 0.05) is 28.9 Å². The van der Waals surface area contributed by atoms with Crippen LogP contribution in [-0.4, -0.2) is 28.0 Å². The number of aryl methyl sites for hydroxylation is 1. The fourth-order valence-corrected chi connectivity index (χ4v) is 10.4. The first-order valence-electron chi connectivity index (χ1n) is 16.4. The third-order valence-corrected chi connectivity index (χ3v) is 12.3. The molecule has 1 spiro atoms. The van der Waals surface area contributed by atoms with Crippen molar-refractivity contribution in [3.63, 3.8) is 0 Å². The minimum absolute atomic E-state index is 0.0282. The predicted octanol–water partition coefficient (Wildman–Crippen LogP) is 8.03. The van der Waals surface area contributed by atoms with Crippen LogP contribution in [0.4, 0.5) is 0 Å². The van der Waals surface area contributed by atoms with Crippen molar-refractivity contribution >= 4 is 22.7 Å². The molecule has 5 nitrogen and oxygen atoms in total. The van der Waals surface area contributed by atoms with Gasteiger partial charge in [0.15, 0.2) is 5.78 Å². The van der Waals surface area contributed by atoms with Gasteiger partial charge in [-0.1, -0.05) is 107 Å². The van der Waals surface area contributed by atoms with Crippen molar-refractivity contribution in [1.82, 2.24) is 4.57 Å². The summed E-state index contributed by atoms with van der Waals surface area (Å²) < 4.78 is 8.68. The zero-order valence-electron chi connectivity index (χ0n) is 27.2. The molecule has 2 saturated carbocycles. The largest absolute Gasteiger partial charge is 0.453 e. The molecule has 1 aromatic heterocycles. The molecule has 2 fully saturated rings. The SMILES string of the molecule is CCCC1=CC2(N)C(=O)C3(C=C(C)C(OC(=O)c4c(-c5ccccc5)c5ccccc5n4C)C3(C)C1)[C@H](C)CC1C2C1(C)C. The summed E-state index contributed by atoms with van der Waals surface area (Å²) >= 11 is 0. The standard InChI is InChI=1S/C39H46N2O3/c1-8-14-25-21-37(6)33(23(2)20-38(37)24(3)19-28-32(36(28,4)5)39(40,22-25)35(38)43)44-34(42)31-30(26-15-10-9-11-16-26)27-17-12-13-18-29(27)41(31)7/h9-13,15-18,20,22,24,28,32-33H,8,14,19,21,40H2,1-7H3/t24-,28?,32?,33?,37?,38?,39?/m1/s1. The molecule has 44 heavy (non-hydrogen) atoms. The van der Waals surface area contributed by atoms with Crippen LogP contribution in [0, 0.1) is 34.0 Å². The lowest BCUT2D eigenvalue weighted by Gasteiger charge is -2.49. The molecule has 6 unspecified atom stereocenters. The summed E-state index contributed by atoms with van der Waals surface area (Å²) in [6.07, 6.45) is 7.27. The lowest BCUT2D eigenvalue weighted by atomic mass is 9.53. The van der Waals surface area contributed by atoms with E-state index in [-0.39, 0.29) is 29.0 Å². The highest BCUT2D eigenvalue weighted by Crippen LogP contribution is 2.74. The first kappa shape index (κ1) is 29.3. The summed E-state index contributed by atoms with van der Waals surface area (Å²) in [5.41, 5.74) is 10.4. The number of esters is 1. The molecule has 4 aliphatic rings. The molecule has 2 bridgehead atoms. The number of hydrogen-bond donors (Lipinski definition) is 1. The average molecular weight is 591 g/mol. The Kier molecular flexibility index (Phi) is 6.34. The number of ketones is 1. The van der Waals surface area contributed by atoms with Gasteiger partial charge in [0.05, 0.1) is 11.0 Å². The van der Waals surface area contributed by atoms with Crippen LogP contribution in [-0.2, 0) is 16.6 Å². The molecular weight excluding hydrogens is 544 g/mol. The highest BCUT2D eigenvalue weighted by Gasteiger charge is 2.77. The summed E-state index contributed by atoms with van der Waals surface area (Å²) in [6.45, 7) is 13.2. The molecular formula is C39H46N2O3. The molecule has 0 amide bonds. The number of carbonyl (C=O) groups is 2. The zero-order valence-corrected chi connectivity index (χ0v) is 27.2. The molecule has 3 aromatic rings. The van der Waals surface area contributed by atoms with E-state index >= 15 is 4.79 Å². The fourth-order valence-electron chi connectivity index (χ4n) is 10.4. The fraction of sp³-hybridized carbons (Fsp3) is 0.487. The van der Waals surface area contributed by atoms with Crippen molar-refractivity contribution < 1.29 is 14.3 Å². The van der Waals surface area contributed by atoms with Gasteiger partial charge in [0.1, 0.15) is 11.8 Å². The van der Waals surface area contributed by atoms with Gasteiger partial charge in [0.25, 0.3) is 0 Å². The zero-order chi connectivity index (χ0) is 31.4. The Bertz CT molecular complexity index is 1760. The van der Waals surface area contributed by atoms with Gasteiger partial charge in [-0.2, -0.15) is 0 Å². The van der Waals surface area contributed by atoms with Crippen LogP contribution in [0.5, 0.6) is 0 Å². The number of aromatic nitrogens is 1. The summed E-state index contributed by atoms with van der Waals surface area (Å²) in [5.74, 6) is 0.354. The van der Waals surface area contributed by atoms with Crippen LogP contribution in [0.2, 0.25) is 0 Å². The van der Waals surface area contributed by atoms with E-state index in [1.54, 1.807) is 0 Å². The maximum atomic E-state index is 15.2. The highest BCUT2D eigenvalue weighted by molar-refractivity contribution is 6.09. The first-order valence-corrected chi connectivity index (χ1v) is 16.4. The lowest BCUT2D eigenvalue weighted by molar-refractivity contribution is -0.144. The highest BCUT2D eigenvalue weighted by atomic mass is 16.5. The van der Waals surface area contributed by atoms with Crippen LogP contribution in [0.25, 0.3) is 22.0 Å². The number of allylic oxidation sites excluding steroid dienone is 2. The minimum Gasteiger partial charge on any atom is -0.453 e. The summed E-state index contributed by atoms with van der Waals surface area (Å²) in [4.78, 5) is 29.7. The number of nitrogens with zero attached hydrogens (tertiary/aromatic N) is 1. The second kappa shape index (κ2) is 9.53. The molecule has 5 heteroatoms. The minimum atomic E-state index is -1.02. The number of fused-ring (bicyclic) bond motifs is 4. The quantitative estimate of drug-likeness (QED) is 0.241. The van der Waals surface area contributed by atoms with Crippen molar-refractivity contribution in [1.29, 1.82) is 0 Å². The summed E-state index contributed by atoms with van der Waals surface area (Å²) in [5, 5.41) is 1.01. The average Bonchev–Trinajstić information content (AvgIpc) is 3.34. The van der Waals surface area contributed by atoms with Crippen molar-refractivity contribution in [2.75, 3.05) is 0 Å². The van der Waals surface area contributed by atoms with E-state index in [9.17, 15) is 4.79 Å². The third-order valence-electron chi connectivity index (χ3n) is 12.3.